The Hall–Kier alpha value is -3.25. The number of anilines is 2. The molecule has 1 aromatic heterocycles. The maximum atomic E-state index is 13.2. The highest BCUT2D eigenvalue weighted by atomic mass is 16.1. The summed E-state index contributed by atoms with van der Waals surface area (Å²) in [5, 5.41) is 2.99. The number of nitrogens with one attached hydrogen (secondary N) is 1. The number of amides is 1. The number of carbonyl (C=O) groups is 1. The molecule has 0 saturated carbocycles. The molecule has 1 amide bonds. The molecule has 1 fully saturated rings. The Kier molecular flexibility index (Phi) is 5.81. The topological polar surface area (TPSA) is 61.4 Å². The first-order valence-corrected chi connectivity index (χ1v) is 9.87. The molecule has 0 bridgehead atoms. The average Bonchev–Trinajstić information content (AvgIpc) is 2.77. The van der Waals surface area contributed by atoms with Crippen molar-refractivity contribution in [2.75, 3.05) is 43.4 Å². The van der Waals surface area contributed by atoms with Gasteiger partial charge in [-0.15, -0.1) is 0 Å². The van der Waals surface area contributed by atoms with Crippen LogP contribution in [0.4, 0.5) is 11.6 Å². The van der Waals surface area contributed by atoms with Gasteiger partial charge in [0.05, 0.1) is 24.0 Å². The molecule has 148 valence electrons. The smallest absolute Gasteiger partial charge is 0.236 e. The van der Waals surface area contributed by atoms with Crippen molar-refractivity contribution in [1.82, 2.24) is 14.9 Å². The largest absolute Gasteiger partial charge is 0.338 e. The number of likely N-dealkylation sites (N-methyl/N-ethyl adjacent to an activating group) is 1. The summed E-state index contributed by atoms with van der Waals surface area (Å²) < 4.78 is 0. The van der Waals surface area contributed by atoms with Crippen LogP contribution < -0.4 is 10.2 Å². The van der Waals surface area contributed by atoms with Crippen molar-refractivity contribution in [1.29, 1.82) is 0 Å². The summed E-state index contributed by atoms with van der Waals surface area (Å²) in [7, 11) is 2.12. The lowest BCUT2D eigenvalue weighted by molar-refractivity contribution is -0.116. The second-order valence-electron chi connectivity index (χ2n) is 7.31. The maximum Gasteiger partial charge on any atom is 0.236 e. The van der Waals surface area contributed by atoms with Gasteiger partial charge in [-0.2, -0.15) is 0 Å². The fraction of sp³-hybridized carbons (Fsp3) is 0.261. The van der Waals surface area contributed by atoms with Crippen LogP contribution in [0.1, 0.15) is 17.0 Å². The highest BCUT2D eigenvalue weighted by molar-refractivity contribution is 5.98. The van der Waals surface area contributed by atoms with E-state index < -0.39 is 5.92 Å². The van der Waals surface area contributed by atoms with Gasteiger partial charge in [-0.05, 0) is 18.2 Å². The second-order valence-corrected chi connectivity index (χ2v) is 7.31. The Morgan fingerprint density at radius 1 is 0.862 bits per heavy atom. The average molecular weight is 387 g/mol. The molecule has 0 spiro atoms. The van der Waals surface area contributed by atoms with Gasteiger partial charge >= 0.3 is 0 Å². The van der Waals surface area contributed by atoms with Crippen LogP contribution in [-0.2, 0) is 4.79 Å². The minimum atomic E-state index is -0.394. The van der Waals surface area contributed by atoms with Crippen molar-refractivity contribution >= 4 is 17.5 Å². The number of carbonyl (C=O) groups excluding carboxylic acids is 1. The summed E-state index contributed by atoms with van der Waals surface area (Å²) in [6, 6.07) is 19.6. The van der Waals surface area contributed by atoms with Crippen LogP contribution in [0.15, 0.2) is 73.1 Å². The van der Waals surface area contributed by atoms with Gasteiger partial charge in [0.1, 0.15) is 0 Å². The first-order valence-electron chi connectivity index (χ1n) is 9.87. The van der Waals surface area contributed by atoms with E-state index in [0.717, 1.165) is 37.3 Å². The molecular formula is C23H25N5O. The molecule has 6 heteroatoms. The molecule has 1 aliphatic rings. The van der Waals surface area contributed by atoms with E-state index in [1.54, 1.807) is 12.4 Å². The standard InChI is InChI=1S/C23H25N5O/c1-27-12-14-28(15-13-27)23-24-16-20(17-25-23)26-22(29)21(18-8-4-2-5-9-18)19-10-6-3-7-11-19/h2-11,16-17,21H,12-15H2,1H3,(H,26,29). The summed E-state index contributed by atoms with van der Waals surface area (Å²) in [6.07, 6.45) is 3.37. The molecule has 4 rings (SSSR count). The molecule has 0 radical (unpaired) electrons. The molecule has 29 heavy (non-hydrogen) atoms. The molecule has 1 N–H and O–H groups in total. The first-order chi connectivity index (χ1) is 14.2. The Bertz CT molecular complexity index is 883. The highest BCUT2D eigenvalue weighted by Crippen LogP contribution is 2.26. The van der Waals surface area contributed by atoms with Crippen molar-refractivity contribution in [2.45, 2.75) is 5.92 Å². The monoisotopic (exact) mass is 387 g/mol. The second kappa shape index (κ2) is 8.84. The van der Waals surface area contributed by atoms with Crippen LogP contribution in [0.2, 0.25) is 0 Å². The number of hydrogen-bond donors (Lipinski definition) is 1. The number of benzene rings is 2. The summed E-state index contributed by atoms with van der Waals surface area (Å²) in [5.74, 6) is 0.215. The van der Waals surface area contributed by atoms with Crippen molar-refractivity contribution in [3.63, 3.8) is 0 Å². The van der Waals surface area contributed by atoms with Crippen molar-refractivity contribution in [3.05, 3.63) is 84.2 Å². The van der Waals surface area contributed by atoms with E-state index in [1.807, 2.05) is 60.7 Å². The highest BCUT2D eigenvalue weighted by Gasteiger charge is 2.23. The Morgan fingerprint density at radius 3 is 1.90 bits per heavy atom. The number of aromatic nitrogens is 2. The summed E-state index contributed by atoms with van der Waals surface area (Å²) >= 11 is 0. The van der Waals surface area contributed by atoms with Crippen LogP contribution in [-0.4, -0.2) is 54.0 Å². The van der Waals surface area contributed by atoms with Gasteiger partial charge in [-0.1, -0.05) is 60.7 Å². The quantitative estimate of drug-likeness (QED) is 0.729. The predicted octanol–water partition coefficient (Wildman–Crippen LogP) is 3.00. The fourth-order valence-electron chi connectivity index (χ4n) is 3.56. The lowest BCUT2D eigenvalue weighted by Crippen LogP contribution is -2.45. The lowest BCUT2D eigenvalue weighted by atomic mass is 9.90. The number of rotatable bonds is 5. The van der Waals surface area contributed by atoms with Gasteiger partial charge in [0.25, 0.3) is 0 Å². The van der Waals surface area contributed by atoms with Crippen molar-refractivity contribution in [2.24, 2.45) is 0 Å². The van der Waals surface area contributed by atoms with E-state index in [2.05, 4.69) is 32.1 Å². The predicted molar refractivity (Wildman–Crippen MR) is 115 cm³/mol. The van der Waals surface area contributed by atoms with Crippen molar-refractivity contribution in [3.8, 4) is 0 Å². The molecule has 0 aliphatic carbocycles. The Morgan fingerprint density at radius 2 is 1.38 bits per heavy atom. The van der Waals surface area contributed by atoms with Gasteiger partial charge in [-0.25, -0.2) is 9.97 Å². The van der Waals surface area contributed by atoms with Crippen molar-refractivity contribution < 1.29 is 4.79 Å². The van der Waals surface area contributed by atoms with Gasteiger partial charge < -0.3 is 15.1 Å². The van der Waals surface area contributed by atoms with Crippen LogP contribution in [0.3, 0.4) is 0 Å². The maximum absolute atomic E-state index is 13.2. The lowest BCUT2D eigenvalue weighted by Gasteiger charge is -2.32. The number of piperazine rings is 1. The molecular weight excluding hydrogens is 362 g/mol. The van der Waals surface area contributed by atoms with Gasteiger partial charge in [0.2, 0.25) is 11.9 Å². The molecule has 3 aromatic rings. The molecule has 0 unspecified atom stereocenters. The molecule has 1 aliphatic heterocycles. The molecule has 2 aromatic carbocycles. The van der Waals surface area contributed by atoms with E-state index in [0.29, 0.717) is 11.6 Å². The number of nitrogens with zero attached hydrogens (tertiary/aromatic N) is 4. The zero-order valence-electron chi connectivity index (χ0n) is 16.5. The summed E-state index contributed by atoms with van der Waals surface area (Å²) in [5.41, 5.74) is 2.50. The van der Waals surface area contributed by atoms with E-state index in [1.165, 1.54) is 0 Å². The van der Waals surface area contributed by atoms with Crippen LogP contribution in [0.25, 0.3) is 0 Å². The zero-order valence-corrected chi connectivity index (χ0v) is 16.5. The van der Waals surface area contributed by atoms with E-state index in [9.17, 15) is 4.79 Å². The van der Waals surface area contributed by atoms with E-state index in [4.69, 9.17) is 0 Å². The van der Waals surface area contributed by atoms with E-state index in [-0.39, 0.29) is 5.91 Å². The molecule has 1 saturated heterocycles. The molecule has 6 nitrogen and oxygen atoms in total. The molecule has 2 heterocycles. The zero-order chi connectivity index (χ0) is 20.1. The minimum Gasteiger partial charge on any atom is -0.338 e. The van der Waals surface area contributed by atoms with Crippen LogP contribution >= 0.6 is 0 Å². The van der Waals surface area contributed by atoms with Gasteiger partial charge in [0.15, 0.2) is 0 Å². The third kappa shape index (κ3) is 4.60. The van der Waals surface area contributed by atoms with Gasteiger partial charge in [-0.3, -0.25) is 4.79 Å². The molecule has 0 atom stereocenters. The van der Waals surface area contributed by atoms with E-state index >= 15 is 0 Å². The number of hydrogen-bond acceptors (Lipinski definition) is 5. The van der Waals surface area contributed by atoms with Crippen LogP contribution in [0.5, 0.6) is 0 Å². The third-order valence-corrected chi connectivity index (χ3v) is 5.22. The fourth-order valence-corrected chi connectivity index (χ4v) is 3.56. The van der Waals surface area contributed by atoms with Gasteiger partial charge in [0, 0.05) is 26.2 Å². The third-order valence-electron chi connectivity index (χ3n) is 5.22. The summed E-state index contributed by atoms with van der Waals surface area (Å²) in [6.45, 7) is 3.81. The SMILES string of the molecule is CN1CCN(c2ncc(NC(=O)C(c3ccccc3)c3ccccc3)cn2)CC1. The Labute approximate surface area is 171 Å². The first kappa shape index (κ1) is 19.1. The Balaban J connectivity index is 1.50. The minimum absolute atomic E-state index is 0.0988. The van der Waals surface area contributed by atoms with Crippen LogP contribution in [0, 0.1) is 0 Å². The summed E-state index contributed by atoms with van der Waals surface area (Å²) in [4.78, 5) is 26.5. The normalized spacial score (nSPS) is 14.8.